The highest BCUT2D eigenvalue weighted by Crippen LogP contribution is 2.22. The van der Waals surface area contributed by atoms with Gasteiger partial charge < -0.3 is 20.4 Å². The Morgan fingerprint density at radius 1 is 1.26 bits per heavy atom. The van der Waals surface area contributed by atoms with E-state index in [1.807, 2.05) is 19.1 Å². The van der Waals surface area contributed by atoms with Crippen molar-refractivity contribution in [1.82, 2.24) is 0 Å². The Bertz CT molecular complexity index is 433. The fraction of sp³-hybridized carbons (Fsp3) is 0.556. The first kappa shape index (κ1) is 23.4. The van der Waals surface area contributed by atoms with Crippen molar-refractivity contribution in [3.8, 4) is 5.75 Å². The molecule has 0 aliphatic heterocycles. The van der Waals surface area contributed by atoms with E-state index in [-0.39, 0.29) is 5.92 Å². The van der Waals surface area contributed by atoms with Gasteiger partial charge in [-0.15, -0.1) is 0 Å². The molecule has 3 N–H and O–H groups in total. The minimum atomic E-state index is 0.141. The molecule has 0 amide bonds. The zero-order valence-electron chi connectivity index (χ0n) is 14.9. The molecule has 1 aromatic carbocycles. The summed E-state index contributed by atoms with van der Waals surface area (Å²) >= 11 is 0. The third kappa shape index (κ3) is 11.4. The van der Waals surface area contributed by atoms with Gasteiger partial charge in [0.2, 0.25) is 0 Å². The van der Waals surface area contributed by atoms with Crippen molar-refractivity contribution in [3.05, 3.63) is 29.3 Å². The second-order valence-electron chi connectivity index (χ2n) is 5.40. The van der Waals surface area contributed by atoms with Gasteiger partial charge in [0.15, 0.2) is 0 Å². The van der Waals surface area contributed by atoms with Crippen molar-refractivity contribution < 1.29 is 19.4 Å². The maximum atomic E-state index is 10.9. The molecule has 0 aromatic heterocycles. The molecule has 0 heterocycles. The number of aryl methyl sites for hydroxylation is 2. The number of benzene rings is 1. The van der Waals surface area contributed by atoms with Crippen LogP contribution < -0.4 is 5.73 Å². The normalized spacial score (nSPS) is 10.6. The summed E-state index contributed by atoms with van der Waals surface area (Å²) in [6.45, 7) is 6.48. The van der Waals surface area contributed by atoms with Gasteiger partial charge in [0.1, 0.15) is 12.0 Å². The second kappa shape index (κ2) is 15.0. The van der Waals surface area contributed by atoms with Crippen LogP contribution in [0.2, 0.25) is 0 Å². The minimum absolute atomic E-state index is 0.141. The SMILES string of the molecule is CN.COC=O.Cc1ccc(CCCC(C=O)C(C)C)c(O)c1. The number of hydrogen-bond donors (Lipinski definition) is 2. The lowest BCUT2D eigenvalue weighted by Gasteiger charge is -2.14. The fourth-order valence-electron chi connectivity index (χ4n) is 1.97. The highest BCUT2D eigenvalue weighted by molar-refractivity contribution is 5.53. The largest absolute Gasteiger partial charge is 0.508 e. The number of aldehydes is 1. The van der Waals surface area contributed by atoms with Gasteiger partial charge in [-0.3, -0.25) is 4.79 Å². The molecule has 5 nitrogen and oxygen atoms in total. The van der Waals surface area contributed by atoms with Crippen molar-refractivity contribution in [2.75, 3.05) is 14.2 Å². The number of rotatable bonds is 7. The Morgan fingerprint density at radius 3 is 2.22 bits per heavy atom. The smallest absolute Gasteiger partial charge is 0.292 e. The maximum absolute atomic E-state index is 10.9. The lowest BCUT2D eigenvalue weighted by atomic mass is 9.91. The molecule has 5 heteroatoms. The van der Waals surface area contributed by atoms with Gasteiger partial charge >= 0.3 is 0 Å². The van der Waals surface area contributed by atoms with Crippen LogP contribution in [0.25, 0.3) is 0 Å². The number of aromatic hydroxyl groups is 1. The Hall–Kier alpha value is -1.88. The highest BCUT2D eigenvalue weighted by atomic mass is 16.5. The second-order valence-corrected chi connectivity index (χ2v) is 5.40. The summed E-state index contributed by atoms with van der Waals surface area (Å²) in [5.74, 6) is 0.916. The van der Waals surface area contributed by atoms with E-state index in [9.17, 15) is 9.90 Å². The molecule has 1 unspecified atom stereocenters. The first-order valence-electron chi connectivity index (χ1n) is 7.74. The lowest BCUT2D eigenvalue weighted by molar-refractivity contribution is -0.126. The summed E-state index contributed by atoms with van der Waals surface area (Å²) in [4.78, 5) is 19.8. The van der Waals surface area contributed by atoms with Gasteiger partial charge in [-0.05, 0) is 56.3 Å². The van der Waals surface area contributed by atoms with Crippen molar-refractivity contribution in [1.29, 1.82) is 0 Å². The van der Waals surface area contributed by atoms with Crippen LogP contribution in [-0.2, 0) is 20.7 Å². The number of phenolic OH excluding ortho intramolecular Hbond substituents is 1. The van der Waals surface area contributed by atoms with E-state index in [1.165, 1.54) is 14.2 Å². The van der Waals surface area contributed by atoms with E-state index in [0.717, 1.165) is 36.7 Å². The predicted molar refractivity (Wildman–Crippen MR) is 93.4 cm³/mol. The van der Waals surface area contributed by atoms with Crippen molar-refractivity contribution in [3.63, 3.8) is 0 Å². The number of phenols is 1. The van der Waals surface area contributed by atoms with Crippen LogP contribution in [0.1, 0.15) is 37.8 Å². The summed E-state index contributed by atoms with van der Waals surface area (Å²) in [5.41, 5.74) is 6.54. The van der Waals surface area contributed by atoms with E-state index in [2.05, 4.69) is 24.3 Å². The first-order chi connectivity index (χ1) is 11.0. The summed E-state index contributed by atoms with van der Waals surface area (Å²) in [5, 5.41) is 9.75. The van der Waals surface area contributed by atoms with Gasteiger partial charge in [0, 0.05) is 5.92 Å². The third-order valence-corrected chi connectivity index (χ3v) is 3.35. The topological polar surface area (TPSA) is 89.6 Å². The number of ether oxygens (including phenoxy) is 1. The van der Waals surface area contributed by atoms with Gasteiger partial charge in [0.25, 0.3) is 6.47 Å². The Labute approximate surface area is 139 Å². The van der Waals surface area contributed by atoms with Crippen LogP contribution in [0.3, 0.4) is 0 Å². The Balaban J connectivity index is 0. The van der Waals surface area contributed by atoms with Gasteiger partial charge in [-0.1, -0.05) is 26.0 Å². The fourth-order valence-corrected chi connectivity index (χ4v) is 1.97. The summed E-state index contributed by atoms with van der Waals surface area (Å²) < 4.78 is 3.86. The van der Waals surface area contributed by atoms with E-state index in [0.29, 0.717) is 18.1 Å². The number of nitrogens with two attached hydrogens (primary N) is 1. The summed E-state index contributed by atoms with van der Waals surface area (Å²) in [6.07, 6.45) is 3.73. The van der Waals surface area contributed by atoms with Crippen LogP contribution in [0.5, 0.6) is 5.75 Å². The molecule has 1 atom stereocenters. The molecule has 0 fully saturated rings. The van der Waals surface area contributed by atoms with Crippen LogP contribution in [0.15, 0.2) is 18.2 Å². The van der Waals surface area contributed by atoms with E-state index < -0.39 is 0 Å². The van der Waals surface area contributed by atoms with Crippen LogP contribution in [0.4, 0.5) is 0 Å². The summed E-state index contributed by atoms with van der Waals surface area (Å²) in [6, 6.07) is 5.76. The monoisotopic (exact) mass is 325 g/mol. The molecule has 0 bridgehead atoms. The zero-order chi connectivity index (χ0) is 18.3. The standard InChI is InChI=1S/C15H22O2.C2H4O2.CH5N/c1-11(2)14(10-16)6-4-5-13-8-7-12(3)9-15(13)17;1-4-2-3;1-2/h7-11,14,17H,4-6H2,1-3H3;2H,1H3;2H2,1H3. The van der Waals surface area contributed by atoms with E-state index in [4.69, 9.17) is 4.79 Å². The van der Waals surface area contributed by atoms with Gasteiger partial charge in [0.05, 0.1) is 7.11 Å². The molecule has 132 valence electrons. The maximum Gasteiger partial charge on any atom is 0.292 e. The number of carbonyl (C=O) groups is 2. The number of carbonyl (C=O) groups excluding carboxylic acids is 2. The average molecular weight is 325 g/mol. The van der Waals surface area contributed by atoms with Crippen molar-refractivity contribution >= 4 is 12.8 Å². The predicted octanol–water partition coefficient (Wildman–Crippen LogP) is 2.86. The molecular formula is C18H31NO4. The zero-order valence-corrected chi connectivity index (χ0v) is 14.9. The third-order valence-electron chi connectivity index (χ3n) is 3.35. The quantitative estimate of drug-likeness (QED) is 0.752. The molecule has 0 radical (unpaired) electrons. The van der Waals surface area contributed by atoms with Crippen molar-refractivity contribution in [2.45, 2.75) is 40.0 Å². The van der Waals surface area contributed by atoms with Crippen LogP contribution in [-0.4, -0.2) is 32.0 Å². The van der Waals surface area contributed by atoms with Crippen LogP contribution >= 0.6 is 0 Å². The molecule has 23 heavy (non-hydrogen) atoms. The average Bonchev–Trinajstić information content (AvgIpc) is 2.55. The van der Waals surface area contributed by atoms with Gasteiger partial charge in [-0.2, -0.15) is 0 Å². The lowest BCUT2D eigenvalue weighted by Crippen LogP contribution is -2.10. The van der Waals surface area contributed by atoms with Crippen molar-refractivity contribution in [2.24, 2.45) is 17.6 Å². The van der Waals surface area contributed by atoms with E-state index >= 15 is 0 Å². The van der Waals surface area contributed by atoms with E-state index in [1.54, 1.807) is 6.07 Å². The molecular weight excluding hydrogens is 294 g/mol. The molecule has 0 saturated heterocycles. The summed E-state index contributed by atoms with van der Waals surface area (Å²) in [7, 11) is 2.81. The minimum Gasteiger partial charge on any atom is -0.508 e. The molecule has 1 aromatic rings. The molecule has 0 spiro atoms. The Morgan fingerprint density at radius 2 is 1.83 bits per heavy atom. The molecule has 0 saturated carbocycles. The van der Waals surface area contributed by atoms with Crippen LogP contribution in [0, 0.1) is 18.8 Å². The molecule has 0 aliphatic carbocycles. The number of hydrogen-bond acceptors (Lipinski definition) is 5. The van der Waals surface area contributed by atoms with Gasteiger partial charge in [-0.25, -0.2) is 0 Å². The first-order valence-corrected chi connectivity index (χ1v) is 7.74. The highest BCUT2D eigenvalue weighted by Gasteiger charge is 2.12. The molecule has 1 rings (SSSR count). The molecule has 0 aliphatic rings. The number of methoxy groups -OCH3 is 1. The Kier molecular flexibility index (Phi) is 15.3.